The normalized spacial score (nSPS) is 10.8. The van der Waals surface area contributed by atoms with E-state index in [0.29, 0.717) is 38.8 Å². The molecule has 4 aromatic rings. The second-order valence-electron chi connectivity index (χ2n) is 6.81. The van der Waals surface area contributed by atoms with Crippen molar-refractivity contribution >= 4 is 44.4 Å². The predicted octanol–water partition coefficient (Wildman–Crippen LogP) is 5.14. The third-order valence-electron chi connectivity index (χ3n) is 4.87. The summed E-state index contributed by atoms with van der Waals surface area (Å²) in [6, 6.07) is 19.6. The summed E-state index contributed by atoms with van der Waals surface area (Å²) >= 11 is 4.63. The van der Waals surface area contributed by atoms with Crippen LogP contribution >= 0.6 is 27.7 Å². The minimum absolute atomic E-state index is 0.0742. The first kappa shape index (κ1) is 22.1. The summed E-state index contributed by atoms with van der Waals surface area (Å²) in [5.74, 6) is 0.948. The van der Waals surface area contributed by atoms with Crippen molar-refractivity contribution in [1.82, 2.24) is 9.55 Å². The van der Waals surface area contributed by atoms with Gasteiger partial charge in [0, 0.05) is 4.47 Å². The van der Waals surface area contributed by atoms with Gasteiger partial charge < -0.3 is 9.47 Å². The lowest BCUT2D eigenvalue weighted by Crippen LogP contribution is -2.22. The van der Waals surface area contributed by atoms with Crippen molar-refractivity contribution < 1.29 is 14.3 Å². The Morgan fingerprint density at radius 1 is 1.03 bits per heavy atom. The minimum Gasteiger partial charge on any atom is -0.497 e. The first-order chi connectivity index (χ1) is 15.5. The number of methoxy groups -OCH3 is 2. The molecule has 0 aliphatic rings. The summed E-state index contributed by atoms with van der Waals surface area (Å²) in [5, 5.41) is 0.951. The zero-order chi connectivity index (χ0) is 22.7. The highest BCUT2D eigenvalue weighted by atomic mass is 79.9. The maximum Gasteiger partial charge on any atom is 0.266 e. The van der Waals surface area contributed by atoms with E-state index in [1.807, 2.05) is 36.4 Å². The van der Waals surface area contributed by atoms with E-state index in [2.05, 4.69) is 20.9 Å². The Hall–Kier alpha value is -3.10. The van der Waals surface area contributed by atoms with Crippen LogP contribution in [0.3, 0.4) is 0 Å². The zero-order valence-electron chi connectivity index (χ0n) is 17.4. The van der Waals surface area contributed by atoms with Crippen molar-refractivity contribution in [1.29, 1.82) is 0 Å². The van der Waals surface area contributed by atoms with Crippen molar-refractivity contribution in [3.8, 4) is 17.2 Å². The van der Waals surface area contributed by atoms with Crippen LogP contribution in [0.2, 0.25) is 0 Å². The van der Waals surface area contributed by atoms with Gasteiger partial charge in [0.1, 0.15) is 11.5 Å². The van der Waals surface area contributed by atoms with Crippen molar-refractivity contribution in [2.75, 3.05) is 20.0 Å². The van der Waals surface area contributed by atoms with Crippen molar-refractivity contribution in [2.24, 2.45) is 0 Å². The van der Waals surface area contributed by atoms with Gasteiger partial charge in [-0.3, -0.25) is 14.2 Å². The summed E-state index contributed by atoms with van der Waals surface area (Å²) in [6.45, 7) is 0. The Morgan fingerprint density at radius 2 is 1.78 bits per heavy atom. The third-order valence-corrected chi connectivity index (χ3v) is 6.34. The topological polar surface area (TPSA) is 70.4 Å². The summed E-state index contributed by atoms with van der Waals surface area (Å²) in [5.41, 5.74) is 1.48. The summed E-state index contributed by atoms with van der Waals surface area (Å²) in [4.78, 5) is 31.0. The lowest BCUT2D eigenvalue weighted by atomic mass is 10.1. The lowest BCUT2D eigenvalue weighted by Gasteiger charge is -2.14. The molecular weight excluding hydrogens is 492 g/mol. The second kappa shape index (κ2) is 9.58. The smallest absolute Gasteiger partial charge is 0.266 e. The van der Waals surface area contributed by atoms with Crippen LogP contribution in [0.1, 0.15) is 10.4 Å². The molecule has 0 unspecified atom stereocenters. The summed E-state index contributed by atoms with van der Waals surface area (Å²) in [7, 11) is 3.06. The number of fused-ring (bicyclic) bond motifs is 1. The molecule has 0 spiro atoms. The number of carbonyl (C=O) groups excluding carboxylic acids is 1. The fraction of sp³-hybridized carbons (Fsp3) is 0.125. The number of hydrogen-bond acceptors (Lipinski definition) is 6. The van der Waals surface area contributed by atoms with E-state index in [9.17, 15) is 9.59 Å². The van der Waals surface area contributed by atoms with Gasteiger partial charge in [-0.1, -0.05) is 39.8 Å². The number of para-hydroxylation sites is 1. The standard InChI is InChI=1S/C24H19BrN2O4S/c1-30-17-11-12-22(31-2)19(13-17)21(28)14-32-24-26-20-6-4-3-5-18(20)23(29)27(24)16-9-7-15(25)8-10-16/h3-13H,14H2,1-2H3. The molecule has 8 heteroatoms. The van der Waals surface area contributed by atoms with E-state index < -0.39 is 0 Å². The second-order valence-corrected chi connectivity index (χ2v) is 8.66. The number of benzene rings is 3. The fourth-order valence-electron chi connectivity index (χ4n) is 3.27. The van der Waals surface area contributed by atoms with Crippen LogP contribution in [0.4, 0.5) is 0 Å². The van der Waals surface area contributed by atoms with E-state index in [1.54, 1.807) is 37.4 Å². The van der Waals surface area contributed by atoms with E-state index in [1.165, 1.54) is 23.4 Å². The number of rotatable bonds is 7. The number of hydrogen-bond donors (Lipinski definition) is 0. The van der Waals surface area contributed by atoms with Gasteiger partial charge in [0.2, 0.25) is 0 Å². The van der Waals surface area contributed by atoms with Gasteiger partial charge in [-0.15, -0.1) is 0 Å². The van der Waals surface area contributed by atoms with Gasteiger partial charge in [0.05, 0.1) is 42.1 Å². The van der Waals surface area contributed by atoms with Crippen LogP contribution < -0.4 is 15.0 Å². The molecule has 4 rings (SSSR count). The molecule has 0 radical (unpaired) electrons. The summed E-state index contributed by atoms with van der Waals surface area (Å²) < 4.78 is 13.0. The average Bonchev–Trinajstić information content (AvgIpc) is 2.83. The highest BCUT2D eigenvalue weighted by Gasteiger charge is 2.18. The van der Waals surface area contributed by atoms with Gasteiger partial charge in [0.15, 0.2) is 10.9 Å². The van der Waals surface area contributed by atoms with Crippen molar-refractivity contribution in [3.63, 3.8) is 0 Å². The van der Waals surface area contributed by atoms with E-state index in [0.717, 1.165) is 4.47 Å². The molecule has 0 atom stereocenters. The van der Waals surface area contributed by atoms with Gasteiger partial charge >= 0.3 is 0 Å². The molecule has 0 saturated heterocycles. The van der Waals surface area contributed by atoms with Gasteiger partial charge in [0.25, 0.3) is 5.56 Å². The molecule has 0 saturated carbocycles. The molecule has 6 nitrogen and oxygen atoms in total. The number of ether oxygens (including phenoxy) is 2. The van der Waals surface area contributed by atoms with Gasteiger partial charge in [-0.25, -0.2) is 4.98 Å². The van der Waals surface area contributed by atoms with Crippen molar-refractivity contribution in [2.45, 2.75) is 5.16 Å². The molecule has 3 aromatic carbocycles. The molecule has 0 aliphatic carbocycles. The Kier molecular flexibility index (Phi) is 6.62. The van der Waals surface area contributed by atoms with Crippen LogP contribution in [0.25, 0.3) is 16.6 Å². The Bertz CT molecular complexity index is 1350. The number of ketones is 1. The fourth-order valence-corrected chi connectivity index (χ4v) is 4.43. The van der Waals surface area contributed by atoms with Crippen LogP contribution in [-0.2, 0) is 0 Å². The van der Waals surface area contributed by atoms with Crippen molar-refractivity contribution in [3.05, 3.63) is 87.1 Å². The van der Waals surface area contributed by atoms with E-state index >= 15 is 0 Å². The number of halogens is 1. The highest BCUT2D eigenvalue weighted by molar-refractivity contribution is 9.10. The molecule has 0 fully saturated rings. The number of thioether (sulfide) groups is 1. The molecule has 1 aromatic heterocycles. The van der Waals surface area contributed by atoms with Crippen LogP contribution in [0.5, 0.6) is 11.5 Å². The predicted molar refractivity (Wildman–Crippen MR) is 130 cm³/mol. The Morgan fingerprint density at radius 3 is 2.50 bits per heavy atom. The first-order valence-corrected chi connectivity index (χ1v) is 11.5. The third kappa shape index (κ3) is 4.42. The molecule has 0 bridgehead atoms. The van der Waals surface area contributed by atoms with Gasteiger partial charge in [-0.2, -0.15) is 0 Å². The Labute approximate surface area is 197 Å². The lowest BCUT2D eigenvalue weighted by molar-refractivity contribution is 0.101. The molecule has 162 valence electrons. The minimum atomic E-state index is -0.188. The zero-order valence-corrected chi connectivity index (χ0v) is 19.8. The number of nitrogens with zero attached hydrogens (tertiary/aromatic N) is 2. The quantitative estimate of drug-likeness (QED) is 0.195. The van der Waals surface area contributed by atoms with Gasteiger partial charge in [-0.05, 0) is 54.6 Å². The monoisotopic (exact) mass is 510 g/mol. The summed E-state index contributed by atoms with van der Waals surface area (Å²) in [6.07, 6.45) is 0. The molecule has 0 amide bonds. The Balaban J connectivity index is 1.74. The first-order valence-electron chi connectivity index (χ1n) is 9.67. The van der Waals surface area contributed by atoms with Crippen LogP contribution in [-0.4, -0.2) is 35.3 Å². The van der Waals surface area contributed by atoms with Crippen LogP contribution in [0, 0.1) is 0 Å². The maximum absolute atomic E-state index is 13.3. The number of aromatic nitrogens is 2. The maximum atomic E-state index is 13.3. The average molecular weight is 511 g/mol. The van der Waals surface area contributed by atoms with Crippen LogP contribution in [0.15, 0.2) is 81.2 Å². The molecule has 32 heavy (non-hydrogen) atoms. The number of carbonyl (C=O) groups is 1. The number of Topliss-reactive ketones (excluding diaryl/α,β-unsaturated/α-hetero) is 1. The van der Waals surface area contributed by atoms with E-state index in [4.69, 9.17) is 9.47 Å². The van der Waals surface area contributed by atoms with E-state index in [-0.39, 0.29) is 17.1 Å². The molecule has 1 heterocycles. The largest absolute Gasteiger partial charge is 0.497 e. The molecule has 0 aliphatic heterocycles. The highest BCUT2D eigenvalue weighted by Crippen LogP contribution is 2.28. The molecular formula is C24H19BrN2O4S. The SMILES string of the molecule is COc1ccc(OC)c(C(=O)CSc2nc3ccccc3c(=O)n2-c2ccc(Br)cc2)c1. The molecule has 0 N–H and O–H groups in total.